The van der Waals surface area contributed by atoms with Gasteiger partial charge in [0.05, 0.1) is 12.9 Å². The molecule has 18 heavy (non-hydrogen) atoms. The number of hydrogen-bond donors (Lipinski definition) is 0. The lowest BCUT2D eigenvalue weighted by Crippen LogP contribution is -1.97. The maximum absolute atomic E-state index is 12.1. The molecule has 2 nitrogen and oxygen atoms in total. The summed E-state index contributed by atoms with van der Waals surface area (Å²) in [6.07, 6.45) is 2.28. The number of allylic oxidation sites excluding steroid dienone is 2. The molecule has 2 aromatic rings. The van der Waals surface area contributed by atoms with Crippen LogP contribution in [0, 0.1) is 0 Å². The lowest BCUT2D eigenvalue weighted by Gasteiger charge is -2.03. The predicted octanol–water partition coefficient (Wildman–Crippen LogP) is 3.96. The number of fused-ring (bicyclic) bond motifs is 1. The Bertz CT molecular complexity index is 591. The summed E-state index contributed by atoms with van der Waals surface area (Å²) in [7, 11) is 1.59. The molecule has 0 aliphatic rings. The molecule has 0 saturated carbocycles. The first kappa shape index (κ1) is 12.4. The van der Waals surface area contributed by atoms with Gasteiger partial charge in [0.25, 0.3) is 0 Å². The minimum Gasteiger partial charge on any atom is -0.501 e. The molecular formula is C16H16O2. The monoisotopic (exact) mass is 240 g/mol. The molecule has 2 heteroatoms. The standard InChI is InChI=1S/C16H16O2/c1-3-15(18-2)11-16(17)14-9-8-12-6-4-5-7-13(12)10-14/h4-11H,3H2,1-2H3/b15-11-. The summed E-state index contributed by atoms with van der Waals surface area (Å²) in [6, 6.07) is 13.7. The Morgan fingerprint density at radius 1 is 1.17 bits per heavy atom. The quantitative estimate of drug-likeness (QED) is 0.459. The van der Waals surface area contributed by atoms with E-state index in [9.17, 15) is 4.79 Å². The number of carbonyl (C=O) groups excluding carboxylic acids is 1. The van der Waals surface area contributed by atoms with Crippen molar-refractivity contribution in [1.29, 1.82) is 0 Å². The van der Waals surface area contributed by atoms with Crippen LogP contribution in [0.3, 0.4) is 0 Å². The number of ketones is 1. The third kappa shape index (κ3) is 2.59. The number of benzene rings is 2. The van der Waals surface area contributed by atoms with Gasteiger partial charge < -0.3 is 4.74 Å². The molecule has 0 amide bonds. The van der Waals surface area contributed by atoms with Crippen LogP contribution in [0.2, 0.25) is 0 Å². The fraction of sp³-hybridized carbons (Fsp3) is 0.188. The second kappa shape index (κ2) is 5.50. The second-order valence-electron chi connectivity index (χ2n) is 4.09. The minimum atomic E-state index is -0.0144. The van der Waals surface area contributed by atoms with E-state index in [2.05, 4.69) is 0 Å². The molecule has 0 aliphatic heterocycles. The SMILES string of the molecule is CC/C(=C/C(=O)c1ccc2ccccc2c1)OC. The van der Waals surface area contributed by atoms with E-state index in [0.717, 1.165) is 17.2 Å². The highest BCUT2D eigenvalue weighted by atomic mass is 16.5. The Labute approximate surface area is 107 Å². The molecule has 0 aliphatic carbocycles. The topological polar surface area (TPSA) is 26.3 Å². The second-order valence-corrected chi connectivity index (χ2v) is 4.09. The molecular weight excluding hydrogens is 224 g/mol. The fourth-order valence-electron chi connectivity index (χ4n) is 1.88. The molecule has 0 heterocycles. The summed E-state index contributed by atoms with van der Waals surface area (Å²) in [5.41, 5.74) is 0.691. The van der Waals surface area contributed by atoms with Gasteiger partial charge in [0.2, 0.25) is 0 Å². The van der Waals surface area contributed by atoms with Crippen molar-refractivity contribution in [2.75, 3.05) is 7.11 Å². The van der Waals surface area contributed by atoms with Gasteiger partial charge in [-0.1, -0.05) is 43.3 Å². The molecule has 0 unspecified atom stereocenters. The molecule has 2 aromatic carbocycles. The van der Waals surface area contributed by atoms with Gasteiger partial charge in [-0.15, -0.1) is 0 Å². The van der Waals surface area contributed by atoms with E-state index in [0.29, 0.717) is 11.3 Å². The number of hydrogen-bond acceptors (Lipinski definition) is 2. The maximum Gasteiger partial charge on any atom is 0.189 e. The molecule has 92 valence electrons. The number of ether oxygens (including phenoxy) is 1. The van der Waals surface area contributed by atoms with Gasteiger partial charge >= 0.3 is 0 Å². The van der Waals surface area contributed by atoms with E-state index in [-0.39, 0.29) is 5.78 Å². The largest absolute Gasteiger partial charge is 0.501 e. The molecule has 0 N–H and O–H groups in total. The van der Waals surface area contributed by atoms with Crippen LogP contribution in [0.5, 0.6) is 0 Å². The molecule has 0 atom stereocenters. The molecule has 0 radical (unpaired) electrons. The van der Waals surface area contributed by atoms with Gasteiger partial charge in [-0.05, 0) is 16.8 Å². The molecule has 0 fully saturated rings. The Kier molecular flexibility index (Phi) is 3.78. The van der Waals surface area contributed by atoms with E-state index in [4.69, 9.17) is 4.74 Å². The van der Waals surface area contributed by atoms with Gasteiger partial charge in [-0.25, -0.2) is 0 Å². The van der Waals surface area contributed by atoms with Crippen molar-refractivity contribution in [3.05, 3.63) is 59.9 Å². The minimum absolute atomic E-state index is 0.0144. The summed E-state index contributed by atoms with van der Waals surface area (Å²) in [5.74, 6) is 0.688. The van der Waals surface area contributed by atoms with Crippen LogP contribution in [-0.4, -0.2) is 12.9 Å². The third-order valence-electron chi connectivity index (χ3n) is 2.94. The van der Waals surface area contributed by atoms with Crippen LogP contribution >= 0.6 is 0 Å². The summed E-state index contributed by atoms with van der Waals surface area (Å²) < 4.78 is 5.12. The molecule has 0 aromatic heterocycles. The Morgan fingerprint density at radius 2 is 1.89 bits per heavy atom. The summed E-state index contributed by atoms with van der Waals surface area (Å²) >= 11 is 0. The van der Waals surface area contributed by atoms with Gasteiger partial charge in [0, 0.05) is 18.1 Å². The smallest absolute Gasteiger partial charge is 0.189 e. The van der Waals surface area contributed by atoms with Crippen molar-refractivity contribution in [2.24, 2.45) is 0 Å². The van der Waals surface area contributed by atoms with Crippen molar-refractivity contribution < 1.29 is 9.53 Å². The van der Waals surface area contributed by atoms with Gasteiger partial charge in [0.1, 0.15) is 0 Å². The van der Waals surface area contributed by atoms with Crippen LogP contribution in [0.1, 0.15) is 23.7 Å². The average Bonchev–Trinajstić information content (AvgIpc) is 2.44. The van der Waals surface area contributed by atoms with E-state index >= 15 is 0 Å². The van der Waals surface area contributed by atoms with Crippen molar-refractivity contribution in [1.82, 2.24) is 0 Å². The van der Waals surface area contributed by atoms with Crippen molar-refractivity contribution >= 4 is 16.6 Å². The summed E-state index contributed by atoms with van der Waals surface area (Å²) in [5, 5.41) is 2.22. The molecule has 0 bridgehead atoms. The summed E-state index contributed by atoms with van der Waals surface area (Å²) in [4.78, 5) is 12.1. The lowest BCUT2D eigenvalue weighted by atomic mass is 10.0. The van der Waals surface area contributed by atoms with Crippen LogP contribution in [0.15, 0.2) is 54.3 Å². The Balaban J connectivity index is 2.36. The zero-order chi connectivity index (χ0) is 13.0. The zero-order valence-corrected chi connectivity index (χ0v) is 10.6. The van der Waals surface area contributed by atoms with E-state index < -0.39 is 0 Å². The summed E-state index contributed by atoms with van der Waals surface area (Å²) in [6.45, 7) is 1.96. The highest BCUT2D eigenvalue weighted by Gasteiger charge is 2.05. The van der Waals surface area contributed by atoms with Crippen LogP contribution in [0.4, 0.5) is 0 Å². The Hall–Kier alpha value is -2.09. The third-order valence-corrected chi connectivity index (χ3v) is 2.94. The Morgan fingerprint density at radius 3 is 2.56 bits per heavy atom. The zero-order valence-electron chi connectivity index (χ0n) is 10.6. The van der Waals surface area contributed by atoms with Crippen LogP contribution in [0.25, 0.3) is 10.8 Å². The highest BCUT2D eigenvalue weighted by molar-refractivity contribution is 6.06. The van der Waals surface area contributed by atoms with Crippen molar-refractivity contribution in [2.45, 2.75) is 13.3 Å². The van der Waals surface area contributed by atoms with Gasteiger partial charge in [-0.2, -0.15) is 0 Å². The van der Waals surface area contributed by atoms with E-state index in [1.54, 1.807) is 13.2 Å². The van der Waals surface area contributed by atoms with E-state index in [1.165, 1.54) is 0 Å². The van der Waals surface area contributed by atoms with Crippen LogP contribution in [-0.2, 0) is 4.74 Å². The van der Waals surface area contributed by atoms with Gasteiger partial charge in [-0.3, -0.25) is 4.79 Å². The fourth-order valence-corrected chi connectivity index (χ4v) is 1.88. The predicted molar refractivity (Wildman–Crippen MR) is 73.7 cm³/mol. The first-order valence-corrected chi connectivity index (χ1v) is 6.02. The van der Waals surface area contributed by atoms with E-state index in [1.807, 2.05) is 49.4 Å². The first-order chi connectivity index (χ1) is 8.74. The van der Waals surface area contributed by atoms with Crippen molar-refractivity contribution in [3.63, 3.8) is 0 Å². The number of carbonyl (C=O) groups is 1. The lowest BCUT2D eigenvalue weighted by molar-refractivity contribution is 0.104. The van der Waals surface area contributed by atoms with Crippen LogP contribution < -0.4 is 0 Å². The number of rotatable bonds is 4. The average molecular weight is 240 g/mol. The first-order valence-electron chi connectivity index (χ1n) is 6.02. The van der Waals surface area contributed by atoms with Crippen molar-refractivity contribution in [3.8, 4) is 0 Å². The molecule has 0 spiro atoms. The maximum atomic E-state index is 12.1. The number of methoxy groups -OCH3 is 1. The molecule has 2 rings (SSSR count). The normalized spacial score (nSPS) is 11.6. The highest BCUT2D eigenvalue weighted by Crippen LogP contribution is 2.17. The molecule has 0 saturated heterocycles. The van der Waals surface area contributed by atoms with Gasteiger partial charge in [0.15, 0.2) is 5.78 Å².